The first-order valence-corrected chi connectivity index (χ1v) is 6.66. The second-order valence-corrected chi connectivity index (χ2v) is 4.86. The predicted octanol–water partition coefficient (Wildman–Crippen LogP) is 4.36. The van der Waals surface area contributed by atoms with Gasteiger partial charge in [0.25, 0.3) is 0 Å². The van der Waals surface area contributed by atoms with Crippen LogP contribution in [0.2, 0.25) is 5.02 Å². The smallest absolute Gasteiger partial charge is 0.194 e. The van der Waals surface area contributed by atoms with Crippen molar-refractivity contribution in [3.8, 4) is 5.69 Å². The third kappa shape index (κ3) is 2.38. The van der Waals surface area contributed by atoms with Gasteiger partial charge in [0.05, 0.1) is 5.02 Å². The molecule has 0 saturated heterocycles. The molecule has 2 nitrogen and oxygen atoms in total. The van der Waals surface area contributed by atoms with Crippen LogP contribution in [0.1, 0.15) is 15.9 Å². The number of hydrogen-bond acceptors (Lipinski definition) is 1. The minimum atomic E-state index is -0.0605. The van der Waals surface area contributed by atoms with Crippen molar-refractivity contribution < 1.29 is 4.79 Å². The van der Waals surface area contributed by atoms with Crippen LogP contribution in [-0.2, 0) is 0 Å². The first-order valence-electron chi connectivity index (χ1n) is 6.28. The summed E-state index contributed by atoms with van der Waals surface area (Å²) in [6, 6.07) is 18.5. The molecule has 0 aliphatic heterocycles. The zero-order valence-electron chi connectivity index (χ0n) is 10.7. The summed E-state index contributed by atoms with van der Waals surface area (Å²) in [6.45, 7) is 0. The Hall–Kier alpha value is -2.32. The van der Waals surface area contributed by atoms with Crippen LogP contribution in [-0.4, -0.2) is 10.4 Å². The molecule has 3 rings (SSSR count). The molecular weight excluding hydrogens is 270 g/mol. The highest BCUT2D eigenvalue weighted by Gasteiger charge is 2.13. The molecule has 3 aromatic rings. The van der Waals surface area contributed by atoms with Gasteiger partial charge in [-0.15, -0.1) is 0 Å². The maximum atomic E-state index is 12.4. The van der Waals surface area contributed by atoms with E-state index < -0.39 is 0 Å². The Bertz CT molecular complexity index is 733. The van der Waals surface area contributed by atoms with Gasteiger partial charge in [-0.25, -0.2) is 0 Å². The normalized spacial score (nSPS) is 10.4. The van der Waals surface area contributed by atoms with Crippen LogP contribution in [0.5, 0.6) is 0 Å². The van der Waals surface area contributed by atoms with E-state index in [1.807, 2.05) is 53.4 Å². The van der Waals surface area contributed by atoms with Gasteiger partial charge in [-0.05, 0) is 30.3 Å². The van der Waals surface area contributed by atoms with Crippen LogP contribution in [0, 0.1) is 0 Å². The lowest BCUT2D eigenvalue weighted by Crippen LogP contribution is -2.02. The van der Waals surface area contributed by atoms with E-state index in [2.05, 4.69) is 0 Å². The van der Waals surface area contributed by atoms with Gasteiger partial charge in [0, 0.05) is 29.2 Å². The quantitative estimate of drug-likeness (QED) is 0.654. The molecule has 0 unspecified atom stereocenters. The molecule has 0 saturated carbocycles. The summed E-state index contributed by atoms with van der Waals surface area (Å²) in [5.41, 5.74) is 2.10. The Labute approximate surface area is 122 Å². The van der Waals surface area contributed by atoms with Gasteiger partial charge in [-0.2, -0.15) is 0 Å². The van der Waals surface area contributed by atoms with Crippen molar-refractivity contribution in [1.82, 2.24) is 4.57 Å². The van der Waals surface area contributed by atoms with Crippen molar-refractivity contribution >= 4 is 17.4 Å². The van der Waals surface area contributed by atoms with Crippen molar-refractivity contribution in [2.75, 3.05) is 0 Å². The number of hydrogen-bond donors (Lipinski definition) is 0. The highest BCUT2D eigenvalue weighted by Crippen LogP contribution is 2.23. The molecule has 2 aromatic carbocycles. The lowest BCUT2D eigenvalue weighted by Gasteiger charge is -2.07. The summed E-state index contributed by atoms with van der Waals surface area (Å²) in [7, 11) is 0. The van der Waals surface area contributed by atoms with Gasteiger partial charge in [0.1, 0.15) is 0 Å². The average molecular weight is 282 g/mol. The predicted molar refractivity (Wildman–Crippen MR) is 80.7 cm³/mol. The minimum absolute atomic E-state index is 0.0605. The van der Waals surface area contributed by atoms with E-state index in [4.69, 9.17) is 11.6 Å². The molecule has 1 heterocycles. The van der Waals surface area contributed by atoms with Crippen molar-refractivity contribution in [3.63, 3.8) is 0 Å². The number of rotatable bonds is 3. The molecule has 0 radical (unpaired) electrons. The number of ketones is 1. The monoisotopic (exact) mass is 281 g/mol. The fraction of sp³-hybridized carbons (Fsp3) is 0. The highest BCUT2D eigenvalue weighted by atomic mass is 35.5. The SMILES string of the molecule is O=C(c1ccccc1)c1ccc(-n2cccc2)cc1Cl. The molecule has 3 heteroatoms. The van der Waals surface area contributed by atoms with E-state index >= 15 is 0 Å². The largest absolute Gasteiger partial charge is 0.324 e. The number of halogens is 1. The summed E-state index contributed by atoms with van der Waals surface area (Å²) < 4.78 is 1.95. The number of carbonyl (C=O) groups excluding carboxylic acids is 1. The fourth-order valence-electron chi connectivity index (χ4n) is 2.10. The number of nitrogens with zero attached hydrogens (tertiary/aromatic N) is 1. The van der Waals surface area contributed by atoms with Crippen LogP contribution < -0.4 is 0 Å². The number of aromatic nitrogens is 1. The minimum Gasteiger partial charge on any atom is -0.324 e. The second-order valence-electron chi connectivity index (χ2n) is 4.45. The summed E-state index contributed by atoms with van der Waals surface area (Å²) in [5, 5.41) is 0.463. The van der Waals surface area contributed by atoms with E-state index in [-0.39, 0.29) is 5.78 Å². The van der Waals surface area contributed by atoms with Crippen LogP contribution in [0.15, 0.2) is 73.1 Å². The molecule has 98 valence electrons. The molecule has 20 heavy (non-hydrogen) atoms. The first kappa shape index (κ1) is 12.7. The topological polar surface area (TPSA) is 22.0 Å². The molecule has 0 N–H and O–H groups in total. The summed E-state index contributed by atoms with van der Waals surface area (Å²) in [4.78, 5) is 12.4. The molecule has 0 bridgehead atoms. The van der Waals surface area contributed by atoms with Crippen molar-refractivity contribution in [2.24, 2.45) is 0 Å². The van der Waals surface area contributed by atoms with E-state index in [1.54, 1.807) is 24.3 Å². The molecule has 0 amide bonds. The molecular formula is C17H12ClNO. The van der Waals surface area contributed by atoms with E-state index in [0.29, 0.717) is 16.1 Å². The van der Waals surface area contributed by atoms with Crippen LogP contribution >= 0.6 is 11.6 Å². The van der Waals surface area contributed by atoms with Crippen molar-refractivity contribution in [3.05, 3.63) is 89.2 Å². The zero-order chi connectivity index (χ0) is 13.9. The van der Waals surface area contributed by atoms with Gasteiger partial charge >= 0.3 is 0 Å². The lowest BCUT2D eigenvalue weighted by atomic mass is 10.0. The van der Waals surface area contributed by atoms with Crippen LogP contribution in [0.4, 0.5) is 0 Å². The maximum absolute atomic E-state index is 12.4. The van der Waals surface area contributed by atoms with Gasteiger partial charge in [0.2, 0.25) is 0 Å². The third-order valence-corrected chi connectivity index (χ3v) is 3.45. The number of benzene rings is 2. The second kappa shape index (κ2) is 5.35. The average Bonchev–Trinajstić information content (AvgIpc) is 3.01. The Morgan fingerprint density at radius 1 is 0.900 bits per heavy atom. The van der Waals surface area contributed by atoms with Gasteiger partial charge in [-0.1, -0.05) is 41.9 Å². The number of carbonyl (C=O) groups is 1. The summed E-state index contributed by atoms with van der Waals surface area (Å²) in [6.07, 6.45) is 3.87. The van der Waals surface area contributed by atoms with Gasteiger partial charge in [-0.3, -0.25) is 4.79 Å². The third-order valence-electron chi connectivity index (χ3n) is 3.14. The Morgan fingerprint density at radius 3 is 2.25 bits per heavy atom. The Balaban J connectivity index is 1.98. The highest BCUT2D eigenvalue weighted by molar-refractivity contribution is 6.35. The molecule has 0 spiro atoms. The van der Waals surface area contributed by atoms with Gasteiger partial charge < -0.3 is 4.57 Å². The molecule has 0 aliphatic rings. The molecule has 0 atom stereocenters. The van der Waals surface area contributed by atoms with Crippen LogP contribution in [0.3, 0.4) is 0 Å². The van der Waals surface area contributed by atoms with Gasteiger partial charge in [0.15, 0.2) is 5.78 Å². The standard InChI is InChI=1S/C17H12ClNO/c18-16-12-14(19-10-4-5-11-19)8-9-15(16)17(20)13-6-2-1-3-7-13/h1-12H. The first-order chi connectivity index (χ1) is 9.75. The van der Waals surface area contributed by atoms with E-state index in [0.717, 1.165) is 5.69 Å². The fourth-order valence-corrected chi connectivity index (χ4v) is 2.36. The summed E-state index contributed by atoms with van der Waals surface area (Å²) >= 11 is 6.26. The Kier molecular flexibility index (Phi) is 3.40. The van der Waals surface area contributed by atoms with Crippen LogP contribution in [0.25, 0.3) is 5.69 Å². The van der Waals surface area contributed by atoms with Crippen molar-refractivity contribution in [1.29, 1.82) is 0 Å². The zero-order valence-corrected chi connectivity index (χ0v) is 11.4. The molecule has 1 aromatic heterocycles. The van der Waals surface area contributed by atoms with E-state index in [9.17, 15) is 4.79 Å². The maximum Gasteiger partial charge on any atom is 0.194 e. The van der Waals surface area contributed by atoms with Crippen molar-refractivity contribution in [2.45, 2.75) is 0 Å². The molecule has 0 fully saturated rings. The lowest BCUT2D eigenvalue weighted by molar-refractivity contribution is 0.103. The summed E-state index contributed by atoms with van der Waals surface area (Å²) in [5.74, 6) is -0.0605. The Morgan fingerprint density at radius 2 is 1.60 bits per heavy atom. The van der Waals surface area contributed by atoms with E-state index in [1.165, 1.54) is 0 Å². The molecule has 0 aliphatic carbocycles.